The van der Waals surface area contributed by atoms with Crippen LogP contribution >= 0.6 is 0 Å². The summed E-state index contributed by atoms with van der Waals surface area (Å²) in [7, 11) is 0. The van der Waals surface area contributed by atoms with Gasteiger partial charge in [-0.25, -0.2) is 0 Å². The number of carbonyl (C=O) groups is 1. The fraction of sp³-hybridized carbons (Fsp3) is 0.214. The minimum absolute atomic E-state index is 0.756. The number of hydrogen-bond acceptors (Lipinski definition) is 1. The van der Waals surface area contributed by atoms with Crippen LogP contribution in [0.2, 0.25) is 0 Å². The minimum atomic E-state index is 0.756. The highest BCUT2D eigenvalue weighted by molar-refractivity contribution is 5.91. The summed E-state index contributed by atoms with van der Waals surface area (Å²) in [5.74, 6) is 0. The van der Waals surface area contributed by atoms with Gasteiger partial charge in [0, 0.05) is 5.56 Å². The molecule has 0 bridgehead atoms. The normalized spacial score (nSPS) is 10.5. The topological polar surface area (TPSA) is 17.1 Å². The van der Waals surface area contributed by atoms with Crippen molar-refractivity contribution >= 4 is 17.1 Å². The molecule has 0 aliphatic heterocycles. The Morgan fingerprint density at radius 3 is 2.80 bits per heavy atom. The number of hydrogen-bond donors (Lipinski definition) is 0. The van der Waals surface area contributed by atoms with Crippen LogP contribution in [0.15, 0.2) is 36.4 Å². The summed E-state index contributed by atoms with van der Waals surface area (Å²) in [6.45, 7) is 2.17. The van der Waals surface area contributed by atoms with E-state index in [1.165, 1.54) is 16.3 Å². The summed E-state index contributed by atoms with van der Waals surface area (Å²) >= 11 is 0. The summed E-state index contributed by atoms with van der Waals surface area (Å²) < 4.78 is 0. The quantitative estimate of drug-likeness (QED) is 0.688. The van der Waals surface area contributed by atoms with E-state index in [-0.39, 0.29) is 0 Å². The Kier molecular flexibility index (Phi) is 2.82. The van der Waals surface area contributed by atoms with Crippen LogP contribution in [-0.2, 0) is 6.42 Å². The van der Waals surface area contributed by atoms with Crippen molar-refractivity contribution in [3.8, 4) is 0 Å². The molecule has 76 valence electrons. The van der Waals surface area contributed by atoms with Gasteiger partial charge in [-0.05, 0) is 28.8 Å². The highest BCUT2D eigenvalue weighted by Gasteiger charge is 2.00. The van der Waals surface area contributed by atoms with Crippen LogP contribution in [0, 0.1) is 0 Å². The highest BCUT2D eigenvalue weighted by atomic mass is 16.1. The number of aldehydes is 1. The van der Waals surface area contributed by atoms with E-state index in [1.54, 1.807) is 0 Å². The van der Waals surface area contributed by atoms with E-state index in [1.807, 2.05) is 18.2 Å². The highest BCUT2D eigenvalue weighted by Crippen LogP contribution is 2.21. The molecule has 2 rings (SSSR count). The molecule has 0 spiro atoms. The lowest BCUT2D eigenvalue weighted by Gasteiger charge is -2.05. The zero-order valence-electron chi connectivity index (χ0n) is 8.86. The first-order valence-corrected chi connectivity index (χ1v) is 5.32. The molecular weight excluding hydrogens is 184 g/mol. The fourth-order valence-electron chi connectivity index (χ4n) is 1.92. The molecule has 0 radical (unpaired) electrons. The van der Waals surface area contributed by atoms with Gasteiger partial charge in [0.25, 0.3) is 0 Å². The number of fused-ring (bicyclic) bond motifs is 1. The Labute approximate surface area is 89.7 Å². The van der Waals surface area contributed by atoms with Crippen LogP contribution in [0.5, 0.6) is 0 Å². The summed E-state index contributed by atoms with van der Waals surface area (Å²) in [4.78, 5) is 10.7. The number of carbonyl (C=O) groups excluding carboxylic acids is 1. The number of aryl methyl sites for hydroxylation is 1. The molecule has 0 N–H and O–H groups in total. The van der Waals surface area contributed by atoms with Gasteiger partial charge in [0.15, 0.2) is 0 Å². The molecule has 0 atom stereocenters. The molecule has 15 heavy (non-hydrogen) atoms. The van der Waals surface area contributed by atoms with Crippen LogP contribution in [-0.4, -0.2) is 6.29 Å². The first-order chi connectivity index (χ1) is 7.35. The molecule has 2 aromatic carbocycles. The van der Waals surface area contributed by atoms with Gasteiger partial charge in [0.1, 0.15) is 6.29 Å². The van der Waals surface area contributed by atoms with Crippen molar-refractivity contribution in [2.75, 3.05) is 0 Å². The van der Waals surface area contributed by atoms with Crippen molar-refractivity contribution in [2.24, 2.45) is 0 Å². The van der Waals surface area contributed by atoms with Crippen molar-refractivity contribution in [3.05, 3.63) is 47.5 Å². The largest absolute Gasteiger partial charge is 0.298 e. The summed E-state index contributed by atoms with van der Waals surface area (Å²) in [6.07, 6.45) is 3.10. The van der Waals surface area contributed by atoms with Gasteiger partial charge < -0.3 is 0 Å². The average molecular weight is 198 g/mol. The van der Waals surface area contributed by atoms with Crippen LogP contribution < -0.4 is 0 Å². The third-order valence-corrected chi connectivity index (χ3v) is 2.65. The first-order valence-electron chi connectivity index (χ1n) is 5.32. The van der Waals surface area contributed by atoms with Crippen LogP contribution in [0.3, 0.4) is 0 Å². The van der Waals surface area contributed by atoms with E-state index in [0.29, 0.717) is 0 Å². The zero-order valence-corrected chi connectivity index (χ0v) is 8.86. The Morgan fingerprint density at radius 2 is 2.07 bits per heavy atom. The lowest BCUT2D eigenvalue weighted by molar-refractivity contribution is 0.112. The van der Waals surface area contributed by atoms with Crippen LogP contribution in [0.1, 0.15) is 29.3 Å². The molecular formula is C14H14O. The van der Waals surface area contributed by atoms with E-state index in [2.05, 4.69) is 25.1 Å². The van der Waals surface area contributed by atoms with E-state index in [0.717, 1.165) is 24.7 Å². The van der Waals surface area contributed by atoms with Crippen molar-refractivity contribution in [3.63, 3.8) is 0 Å². The maximum atomic E-state index is 10.7. The van der Waals surface area contributed by atoms with Gasteiger partial charge in [0.05, 0.1) is 0 Å². The molecule has 0 saturated heterocycles. The van der Waals surface area contributed by atoms with Crippen molar-refractivity contribution < 1.29 is 4.79 Å². The molecule has 2 aromatic rings. The number of rotatable bonds is 3. The van der Waals surface area contributed by atoms with Gasteiger partial charge in [-0.2, -0.15) is 0 Å². The Hall–Kier alpha value is -1.63. The Bertz CT molecular complexity index is 486. The second-order valence-electron chi connectivity index (χ2n) is 3.77. The summed E-state index contributed by atoms with van der Waals surface area (Å²) in [5, 5.41) is 2.43. The molecule has 0 heterocycles. The Morgan fingerprint density at radius 1 is 1.20 bits per heavy atom. The lowest BCUT2D eigenvalue weighted by Crippen LogP contribution is -1.87. The van der Waals surface area contributed by atoms with Gasteiger partial charge in [-0.3, -0.25) is 4.79 Å². The number of benzene rings is 2. The smallest absolute Gasteiger partial charge is 0.150 e. The maximum Gasteiger partial charge on any atom is 0.150 e. The van der Waals surface area contributed by atoms with E-state index < -0.39 is 0 Å². The minimum Gasteiger partial charge on any atom is -0.298 e. The van der Waals surface area contributed by atoms with Crippen molar-refractivity contribution in [2.45, 2.75) is 19.8 Å². The van der Waals surface area contributed by atoms with Crippen molar-refractivity contribution in [1.29, 1.82) is 0 Å². The molecule has 1 heteroatoms. The lowest BCUT2D eigenvalue weighted by atomic mass is 9.99. The van der Waals surface area contributed by atoms with Gasteiger partial charge in [-0.15, -0.1) is 0 Å². The molecule has 0 aliphatic carbocycles. The maximum absolute atomic E-state index is 10.7. The van der Waals surface area contributed by atoms with E-state index >= 15 is 0 Å². The van der Waals surface area contributed by atoms with Gasteiger partial charge >= 0.3 is 0 Å². The summed E-state index contributed by atoms with van der Waals surface area (Å²) in [6, 6.07) is 12.2. The molecule has 0 fully saturated rings. The molecule has 1 nitrogen and oxygen atoms in total. The zero-order chi connectivity index (χ0) is 10.7. The second kappa shape index (κ2) is 4.26. The average Bonchev–Trinajstić information content (AvgIpc) is 2.29. The molecule has 0 saturated carbocycles. The monoisotopic (exact) mass is 198 g/mol. The van der Waals surface area contributed by atoms with Crippen molar-refractivity contribution in [1.82, 2.24) is 0 Å². The second-order valence-corrected chi connectivity index (χ2v) is 3.77. The molecule has 0 aromatic heterocycles. The molecule has 0 aliphatic rings. The van der Waals surface area contributed by atoms with Gasteiger partial charge in [0.2, 0.25) is 0 Å². The van der Waals surface area contributed by atoms with Gasteiger partial charge in [-0.1, -0.05) is 43.7 Å². The van der Waals surface area contributed by atoms with Crippen LogP contribution in [0.4, 0.5) is 0 Å². The third-order valence-electron chi connectivity index (χ3n) is 2.65. The SMILES string of the molecule is CCCc1cccc2ccc(C=O)cc12. The first kappa shape index (κ1) is 9.91. The van der Waals surface area contributed by atoms with E-state index in [4.69, 9.17) is 0 Å². The summed E-state index contributed by atoms with van der Waals surface area (Å²) in [5.41, 5.74) is 2.09. The fourth-order valence-corrected chi connectivity index (χ4v) is 1.92. The predicted molar refractivity (Wildman–Crippen MR) is 63.3 cm³/mol. The predicted octanol–water partition coefficient (Wildman–Crippen LogP) is 3.60. The molecule has 0 unspecified atom stereocenters. The Balaban J connectivity index is 2.64. The van der Waals surface area contributed by atoms with E-state index in [9.17, 15) is 4.79 Å². The standard InChI is InChI=1S/C14H14O/c1-2-4-12-5-3-6-13-8-7-11(10-15)9-14(12)13/h3,5-10H,2,4H2,1H3. The third kappa shape index (κ3) is 1.91. The van der Waals surface area contributed by atoms with Crippen LogP contribution in [0.25, 0.3) is 10.8 Å². The molecule has 0 amide bonds.